The van der Waals surface area contributed by atoms with Crippen molar-refractivity contribution >= 4 is 17.3 Å². The summed E-state index contributed by atoms with van der Waals surface area (Å²) in [5.41, 5.74) is 1.33. The summed E-state index contributed by atoms with van der Waals surface area (Å²) in [4.78, 5) is 12.4. The van der Waals surface area contributed by atoms with Crippen molar-refractivity contribution in [2.45, 2.75) is 37.6 Å². The highest BCUT2D eigenvalue weighted by Gasteiger charge is 2.43. The van der Waals surface area contributed by atoms with E-state index in [1.807, 2.05) is 18.2 Å². The highest BCUT2D eigenvalue weighted by molar-refractivity contribution is 6.07. The van der Waals surface area contributed by atoms with E-state index in [0.29, 0.717) is 5.75 Å². The monoisotopic (exact) mass is 246 g/mol. The van der Waals surface area contributed by atoms with Gasteiger partial charge in [-0.05, 0) is 25.0 Å². The second-order valence-electron chi connectivity index (χ2n) is 5.10. The molecule has 4 heteroatoms. The third-order valence-electron chi connectivity index (χ3n) is 4.00. The van der Waals surface area contributed by atoms with Gasteiger partial charge in [0.2, 0.25) is 5.91 Å². The van der Waals surface area contributed by atoms with Crippen LogP contribution in [0.3, 0.4) is 0 Å². The fourth-order valence-electron chi connectivity index (χ4n) is 2.99. The summed E-state index contributed by atoms with van der Waals surface area (Å²) in [6.45, 7) is 0. The molecule has 1 amide bonds. The number of hydrogen-bond donors (Lipinski definition) is 2. The lowest BCUT2D eigenvalue weighted by molar-refractivity contribution is -0.121. The first-order valence-corrected chi connectivity index (χ1v) is 6.52. The molecule has 96 valence electrons. The predicted molar refractivity (Wildman–Crippen MR) is 71.1 cm³/mol. The molecule has 1 saturated carbocycles. The van der Waals surface area contributed by atoms with Crippen LogP contribution in [0, 0.1) is 0 Å². The molecular weight excluding hydrogens is 228 g/mol. The van der Waals surface area contributed by atoms with Gasteiger partial charge in [-0.1, -0.05) is 25.3 Å². The van der Waals surface area contributed by atoms with Gasteiger partial charge in [-0.25, -0.2) is 0 Å². The fraction of sp³-hybridized carbons (Fsp3) is 0.500. The van der Waals surface area contributed by atoms with E-state index >= 15 is 0 Å². The molecule has 3 rings (SSSR count). The predicted octanol–water partition coefficient (Wildman–Crippen LogP) is 2.76. The summed E-state index contributed by atoms with van der Waals surface area (Å²) in [7, 11) is 1.62. The number of fused-ring (bicyclic) bond motifs is 1. The molecule has 1 aliphatic heterocycles. The van der Waals surface area contributed by atoms with Gasteiger partial charge in [0.05, 0.1) is 12.8 Å². The van der Waals surface area contributed by atoms with Crippen molar-refractivity contribution in [2.24, 2.45) is 0 Å². The van der Waals surface area contributed by atoms with Crippen LogP contribution in [0.25, 0.3) is 0 Å². The SMILES string of the molecule is COc1cccc2c1NC(=O)C1(CCCCC1)N2. The number of carbonyl (C=O) groups is 1. The molecule has 18 heavy (non-hydrogen) atoms. The van der Waals surface area contributed by atoms with Crippen molar-refractivity contribution in [3.8, 4) is 5.75 Å². The molecule has 1 heterocycles. The molecule has 0 bridgehead atoms. The van der Waals surface area contributed by atoms with Crippen molar-refractivity contribution in [1.82, 2.24) is 0 Å². The Labute approximate surface area is 107 Å². The highest BCUT2D eigenvalue weighted by atomic mass is 16.5. The van der Waals surface area contributed by atoms with Crippen LogP contribution in [0.1, 0.15) is 32.1 Å². The molecule has 1 fully saturated rings. The van der Waals surface area contributed by atoms with Gasteiger partial charge in [0.25, 0.3) is 0 Å². The molecule has 0 saturated heterocycles. The van der Waals surface area contributed by atoms with Crippen LogP contribution in [0.2, 0.25) is 0 Å². The topological polar surface area (TPSA) is 50.4 Å². The summed E-state index contributed by atoms with van der Waals surface area (Å²) in [6, 6.07) is 5.80. The molecule has 1 spiro atoms. The van der Waals surface area contributed by atoms with E-state index in [2.05, 4.69) is 10.6 Å². The first kappa shape index (κ1) is 11.4. The lowest BCUT2D eigenvalue weighted by Crippen LogP contribution is -2.53. The van der Waals surface area contributed by atoms with E-state index in [0.717, 1.165) is 37.1 Å². The molecule has 2 aliphatic rings. The smallest absolute Gasteiger partial charge is 0.250 e. The van der Waals surface area contributed by atoms with Gasteiger partial charge in [0, 0.05) is 0 Å². The van der Waals surface area contributed by atoms with Crippen molar-refractivity contribution < 1.29 is 9.53 Å². The van der Waals surface area contributed by atoms with Gasteiger partial charge in [0.1, 0.15) is 17.0 Å². The summed E-state index contributed by atoms with van der Waals surface area (Å²) in [5, 5.41) is 6.46. The molecule has 0 unspecified atom stereocenters. The second kappa shape index (κ2) is 4.19. The number of nitrogens with one attached hydrogen (secondary N) is 2. The van der Waals surface area contributed by atoms with E-state index in [9.17, 15) is 4.79 Å². The second-order valence-corrected chi connectivity index (χ2v) is 5.10. The normalized spacial score (nSPS) is 20.8. The van der Waals surface area contributed by atoms with Crippen LogP contribution in [0.4, 0.5) is 11.4 Å². The molecule has 0 radical (unpaired) electrons. The number of hydrogen-bond acceptors (Lipinski definition) is 3. The Bertz CT molecular complexity index is 479. The molecule has 0 aromatic heterocycles. The van der Waals surface area contributed by atoms with Crippen LogP contribution < -0.4 is 15.4 Å². The molecule has 4 nitrogen and oxygen atoms in total. The maximum atomic E-state index is 12.4. The average molecular weight is 246 g/mol. The minimum absolute atomic E-state index is 0.0826. The fourth-order valence-corrected chi connectivity index (χ4v) is 2.99. The van der Waals surface area contributed by atoms with Crippen LogP contribution >= 0.6 is 0 Å². The van der Waals surface area contributed by atoms with Crippen LogP contribution in [-0.4, -0.2) is 18.6 Å². The number of amides is 1. The number of benzene rings is 1. The maximum absolute atomic E-state index is 12.4. The van der Waals surface area contributed by atoms with E-state index in [-0.39, 0.29) is 5.91 Å². The standard InChI is InChI=1S/C14H18N2O2/c1-18-11-7-5-6-10-12(11)15-13(17)14(16-10)8-3-2-4-9-14/h5-7,16H,2-4,8-9H2,1H3,(H,15,17). The Morgan fingerprint density at radius 2 is 2.00 bits per heavy atom. The van der Waals surface area contributed by atoms with Crippen molar-refractivity contribution in [1.29, 1.82) is 0 Å². The van der Waals surface area contributed by atoms with Crippen LogP contribution in [0.5, 0.6) is 5.75 Å². The van der Waals surface area contributed by atoms with Gasteiger partial charge in [-0.15, -0.1) is 0 Å². The summed E-state index contributed by atoms with van der Waals surface area (Å²) in [5.74, 6) is 0.790. The zero-order valence-corrected chi connectivity index (χ0v) is 10.6. The minimum atomic E-state index is -0.405. The number of para-hydroxylation sites is 1. The lowest BCUT2D eigenvalue weighted by Gasteiger charge is -2.41. The molecule has 1 aromatic carbocycles. The zero-order chi connectivity index (χ0) is 12.6. The Morgan fingerprint density at radius 3 is 2.72 bits per heavy atom. The lowest BCUT2D eigenvalue weighted by atomic mass is 9.79. The summed E-state index contributed by atoms with van der Waals surface area (Å²) < 4.78 is 5.28. The Morgan fingerprint density at radius 1 is 1.22 bits per heavy atom. The number of carbonyl (C=O) groups excluding carboxylic acids is 1. The van der Waals surface area contributed by atoms with Crippen LogP contribution in [-0.2, 0) is 4.79 Å². The van der Waals surface area contributed by atoms with E-state index in [1.54, 1.807) is 7.11 Å². The summed E-state index contributed by atoms with van der Waals surface area (Å²) in [6.07, 6.45) is 5.27. The third kappa shape index (κ3) is 1.64. The van der Waals surface area contributed by atoms with Crippen molar-refractivity contribution in [3.05, 3.63) is 18.2 Å². The quantitative estimate of drug-likeness (QED) is 0.801. The number of rotatable bonds is 1. The first-order valence-electron chi connectivity index (χ1n) is 6.52. The third-order valence-corrected chi connectivity index (χ3v) is 4.00. The van der Waals surface area contributed by atoms with Gasteiger partial charge in [-0.3, -0.25) is 4.79 Å². The zero-order valence-electron chi connectivity index (χ0n) is 10.6. The van der Waals surface area contributed by atoms with Crippen molar-refractivity contribution in [2.75, 3.05) is 17.7 Å². The molecule has 1 aliphatic carbocycles. The van der Waals surface area contributed by atoms with E-state index in [4.69, 9.17) is 4.74 Å². The van der Waals surface area contributed by atoms with E-state index in [1.165, 1.54) is 6.42 Å². The summed E-state index contributed by atoms with van der Waals surface area (Å²) >= 11 is 0. The number of methoxy groups -OCH3 is 1. The van der Waals surface area contributed by atoms with Crippen molar-refractivity contribution in [3.63, 3.8) is 0 Å². The average Bonchev–Trinajstić information content (AvgIpc) is 2.41. The largest absolute Gasteiger partial charge is 0.494 e. The molecule has 1 aromatic rings. The number of ether oxygens (including phenoxy) is 1. The maximum Gasteiger partial charge on any atom is 0.250 e. The molecule has 2 N–H and O–H groups in total. The van der Waals surface area contributed by atoms with Gasteiger partial charge in [0.15, 0.2) is 0 Å². The van der Waals surface area contributed by atoms with Gasteiger partial charge in [-0.2, -0.15) is 0 Å². The molecule has 0 atom stereocenters. The minimum Gasteiger partial charge on any atom is -0.494 e. The van der Waals surface area contributed by atoms with Gasteiger partial charge < -0.3 is 15.4 Å². The Hall–Kier alpha value is -1.71. The van der Waals surface area contributed by atoms with Crippen LogP contribution in [0.15, 0.2) is 18.2 Å². The van der Waals surface area contributed by atoms with Gasteiger partial charge >= 0.3 is 0 Å². The Kier molecular flexibility index (Phi) is 2.65. The Balaban J connectivity index is 1.99. The first-order chi connectivity index (χ1) is 8.75. The number of anilines is 2. The van der Waals surface area contributed by atoms with E-state index < -0.39 is 5.54 Å². The molecular formula is C14H18N2O2. The highest BCUT2D eigenvalue weighted by Crippen LogP contribution is 2.42.